The molecule has 64 heavy (non-hydrogen) atoms. The molecule has 2 aliphatic carbocycles. The van der Waals surface area contributed by atoms with Gasteiger partial charge < -0.3 is 43.7 Å². The number of hydrogen-bond donors (Lipinski definition) is 3. The fourth-order valence-electron chi connectivity index (χ4n) is 8.99. The molecule has 0 radical (unpaired) electrons. The van der Waals surface area contributed by atoms with Crippen molar-refractivity contribution in [3.05, 3.63) is 24.3 Å². The molecule has 3 N–H and O–H groups in total. The van der Waals surface area contributed by atoms with E-state index in [4.69, 9.17) is 28.4 Å². The van der Waals surface area contributed by atoms with Gasteiger partial charge >= 0.3 is 11.9 Å². The topological polar surface area (TPSA) is 150 Å². The minimum absolute atomic E-state index is 0.0438. The van der Waals surface area contributed by atoms with E-state index in [1.54, 1.807) is 0 Å². The van der Waals surface area contributed by atoms with Crippen molar-refractivity contribution in [3.8, 4) is 0 Å². The molecule has 2 unspecified atom stereocenters. The van der Waals surface area contributed by atoms with Crippen molar-refractivity contribution in [2.45, 2.75) is 220 Å². The molecule has 11 heteroatoms. The highest BCUT2D eigenvalue weighted by atomic mass is 16.5. The third kappa shape index (κ3) is 31.2. The summed E-state index contributed by atoms with van der Waals surface area (Å²) in [7, 11) is 0. The first-order valence-corrected chi connectivity index (χ1v) is 25.9. The largest absolute Gasteiger partial charge is 0.463 e. The maximum Gasteiger partial charge on any atom is 0.306 e. The van der Waals surface area contributed by atoms with Gasteiger partial charge in [0.25, 0.3) is 0 Å². The molecule has 8 atom stereocenters. The molecular formula is C53H98O11. The van der Waals surface area contributed by atoms with Gasteiger partial charge in [-0.15, -0.1) is 0 Å². The van der Waals surface area contributed by atoms with Crippen LogP contribution in [0.25, 0.3) is 0 Å². The highest BCUT2D eigenvalue weighted by Gasteiger charge is 2.41. The highest BCUT2D eigenvalue weighted by Crippen LogP contribution is 2.41. The quantitative estimate of drug-likeness (QED) is 0.0309. The van der Waals surface area contributed by atoms with E-state index in [-0.39, 0.29) is 42.1 Å². The Morgan fingerprint density at radius 2 is 0.875 bits per heavy atom. The van der Waals surface area contributed by atoms with E-state index in [0.717, 1.165) is 90.4 Å². The van der Waals surface area contributed by atoms with Gasteiger partial charge in [-0.05, 0) is 134 Å². The third-order valence-corrected chi connectivity index (χ3v) is 12.5. The van der Waals surface area contributed by atoms with Gasteiger partial charge in [-0.2, -0.15) is 0 Å². The zero-order valence-electron chi connectivity index (χ0n) is 41.9. The lowest BCUT2D eigenvalue weighted by atomic mass is 9.85. The van der Waals surface area contributed by atoms with Crippen LogP contribution in [0.2, 0.25) is 0 Å². The van der Waals surface area contributed by atoms with E-state index >= 15 is 0 Å². The fraction of sp³-hybridized carbons (Fsp3) is 0.887. The van der Waals surface area contributed by atoms with Crippen molar-refractivity contribution in [2.24, 2.45) is 29.6 Å². The number of allylic oxidation sites excluding steroid dienone is 4. The van der Waals surface area contributed by atoms with Gasteiger partial charge in [0, 0.05) is 39.3 Å². The van der Waals surface area contributed by atoms with Crippen molar-refractivity contribution < 1.29 is 53.3 Å². The molecular weight excluding hydrogens is 813 g/mol. The Bertz CT molecular complexity index is 1070. The molecule has 11 nitrogen and oxygen atoms in total. The second kappa shape index (κ2) is 40.2. The van der Waals surface area contributed by atoms with Crippen molar-refractivity contribution in [3.63, 3.8) is 0 Å². The molecule has 2 fully saturated rings. The molecule has 2 aliphatic rings. The molecule has 0 bridgehead atoms. The van der Waals surface area contributed by atoms with Crippen molar-refractivity contribution in [2.75, 3.05) is 52.9 Å². The molecule has 0 aliphatic heterocycles. The van der Waals surface area contributed by atoms with Crippen LogP contribution in [0, 0.1) is 29.6 Å². The van der Waals surface area contributed by atoms with Gasteiger partial charge in [0.2, 0.25) is 0 Å². The van der Waals surface area contributed by atoms with E-state index in [1.807, 2.05) is 27.7 Å². The average Bonchev–Trinajstić information content (AvgIpc) is 3.67. The van der Waals surface area contributed by atoms with E-state index in [2.05, 4.69) is 45.1 Å². The first-order chi connectivity index (χ1) is 30.9. The summed E-state index contributed by atoms with van der Waals surface area (Å²) in [5, 5.41) is 31.2. The lowest BCUT2D eigenvalue weighted by molar-refractivity contribution is -0.148. The molecule has 0 aromatic heterocycles. The van der Waals surface area contributed by atoms with Gasteiger partial charge in [0.1, 0.15) is 0 Å². The Morgan fingerprint density at radius 1 is 0.484 bits per heavy atom. The molecule has 0 spiro atoms. The van der Waals surface area contributed by atoms with Crippen LogP contribution < -0.4 is 0 Å². The van der Waals surface area contributed by atoms with Gasteiger partial charge in [-0.1, -0.05) is 96.4 Å². The SMILES string of the molecule is CCCCCCCOCCOCC[C@@H]1C(C/C=C\CCCC(=O)OC(C)C)[C@@H](O)C[C@H]1C.CCCCCCCOCCOCC[C@@H]1C(C/C=C\CCCC(=O)OC(C)C)[C@@H](O)C[C@H]1O. The summed E-state index contributed by atoms with van der Waals surface area (Å²) in [4.78, 5) is 23.1. The summed E-state index contributed by atoms with van der Waals surface area (Å²) in [5.41, 5.74) is 0. The summed E-state index contributed by atoms with van der Waals surface area (Å²) in [5.74, 6) is 1.15. The number of carbonyl (C=O) groups is 2. The van der Waals surface area contributed by atoms with E-state index in [1.165, 1.54) is 51.4 Å². The number of ether oxygens (including phenoxy) is 6. The highest BCUT2D eigenvalue weighted by molar-refractivity contribution is 5.69. The Hall–Kier alpha value is -1.86. The zero-order valence-corrected chi connectivity index (χ0v) is 41.9. The van der Waals surface area contributed by atoms with Crippen molar-refractivity contribution >= 4 is 11.9 Å². The number of unbranched alkanes of at least 4 members (excludes halogenated alkanes) is 10. The van der Waals surface area contributed by atoms with Crippen LogP contribution in [0.4, 0.5) is 0 Å². The standard InChI is InChI=1S/C27H50O5.C26H48O6/c1-5-6-7-10-13-17-30-19-20-31-18-16-24-23(4)21-26(28)25(24)14-11-8-9-12-15-27(29)32-22(2)3;1-4-5-6-9-12-16-30-18-19-31-17-15-23-22(24(27)20-25(23)28)13-10-7-8-11-14-26(29)32-21(2)3/h8,11,22-26,28H,5-7,9-10,12-21H2,1-4H3;7,10,21-25,27-28H,4-6,8-9,11-20H2,1-3H3/b11-8-;10-7-/t23-,24+,25?,26+;22?,23-,24+,25-/m11/s1. The van der Waals surface area contributed by atoms with Crippen LogP contribution in [0.3, 0.4) is 0 Å². The number of carbonyl (C=O) groups excluding carboxylic acids is 2. The number of aliphatic hydroxyl groups excluding tert-OH is 3. The molecule has 0 aromatic carbocycles. The number of rotatable bonds is 38. The summed E-state index contributed by atoms with van der Waals surface area (Å²) in [6, 6.07) is 0. The molecule has 2 rings (SSSR count). The number of hydrogen-bond acceptors (Lipinski definition) is 11. The van der Waals surface area contributed by atoms with Crippen LogP contribution in [0.15, 0.2) is 24.3 Å². The first kappa shape index (κ1) is 60.2. The van der Waals surface area contributed by atoms with Crippen molar-refractivity contribution in [1.29, 1.82) is 0 Å². The van der Waals surface area contributed by atoms with Gasteiger partial charge in [-0.25, -0.2) is 0 Å². The predicted octanol–water partition coefficient (Wildman–Crippen LogP) is 10.9. The maximum absolute atomic E-state index is 11.6. The average molecular weight is 911 g/mol. The Balaban J connectivity index is 0.000000640. The molecule has 0 heterocycles. The molecule has 0 aromatic rings. The van der Waals surface area contributed by atoms with E-state index in [9.17, 15) is 24.9 Å². The molecule has 0 saturated heterocycles. The normalized spacial score (nSPS) is 23.4. The van der Waals surface area contributed by atoms with Gasteiger partial charge in [-0.3, -0.25) is 9.59 Å². The number of aliphatic hydroxyl groups is 3. The van der Waals surface area contributed by atoms with E-state index < -0.39 is 12.2 Å². The molecule has 0 amide bonds. The third-order valence-electron chi connectivity index (χ3n) is 12.5. The lowest BCUT2D eigenvalue weighted by Crippen LogP contribution is -2.23. The Morgan fingerprint density at radius 3 is 1.33 bits per heavy atom. The van der Waals surface area contributed by atoms with Crippen LogP contribution in [-0.4, -0.2) is 111 Å². The Kier molecular flexibility index (Phi) is 37.8. The van der Waals surface area contributed by atoms with Crippen LogP contribution >= 0.6 is 0 Å². The minimum Gasteiger partial charge on any atom is -0.463 e. The van der Waals surface area contributed by atoms with Gasteiger partial charge in [0.05, 0.1) is 56.9 Å². The van der Waals surface area contributed by atoms with Crippen LogP contribution in [0.5, 0.6) is 0 Å². The van der Waals surface area contributed by atoms with Crippen LogP contribution in [0.1, 0.15) is 190 Å². The minimum atomic E-state index is -0.475. The van der Waals surface area contributed by atoms with E-state index in [0.29, 0.717) is 70.1 Å². The zero-order chi connectivity index (χ0) is 47.2. The van der Waals surface area contributed by atoms with Crippen molar-refractivity contribution in [1.82, 2.24) is 0 Å². The van der Waals surface area contributed by atoms with Crippen LogP contribution in [-0.2, 0) is 38.0 Å². The molecule has 2 saturated carbocycles. The fourth-order valence-corrected chi connectivity index (χ4v) is 8.99. The monoisotopic (exact) mass is 911 g/mol. The summed E-state index contributed by atoms with van der Waals surface area (Å²) in [6.45, 7) is 19.6. The lowest BCUT2D eigenvalue weighted by Gasteiger charge is -2.23. The second-order valence-electron chi connectivity index (χ2n) is 18.9. The Labute approximate surface area is 391 Å². The first-order valence-electron chi connectivity index (χ1n) is 25.9. The molecule has 376 valence electrons. The van der Waals surface area contributed by atoms with Gasteiger partial charge in [0.15, 0.2) is 0 Å². The second-order valence-corrected chi connectivity index (χ2v) is 18.9. The summed E-state index contributed by atoms with van der Waals surface area (Å²) < 4.78 is 33.1. The predicted molar refractivity (Wildman–Crippen MR) is 258 cm³/mol. The summed E-state index contributed by atoms with van der Waals surface area (Å²) in [6.07, 6.45) is 28.5. The maximum atomic E-state index is 11.6. The number of esters is 2. The smallest absolute Gasteiger partial charge is 0.306 e. The summed E-state index contributed by atoms with van der Waals surface area (Å²) >= 11 is 0.